The highest BCUT2D eigenvalue weighted by Crippen LogP contribution is 2.09. The molecule has 0 unspecified atom stereocenters. The number of carboxylic acids is 1. The average Bonchev–Trinajstić information content (AvgIpc) is 2.03. The second-order valence-corrected chi connectivity index (χ2v) is 3.07. The fourth-order valence-corrected chi connectivity index (χ4v) is 1.39. The highest BCUT2D eigenvalue weighted by Gasteiger charge is 2.21. The van der Waals surface area contributed by atoms with Crippen LogP contribution in [0.2, 0.25) is 0 Å². The first kappa shape index (κ1) is 9.48. The molecule has 0 radical (unpaired) electrons. The molecule has 4 heteroatoms. The van der Waals surface area contributed by atoms with E-state index in [1.54, 1.807) is 0 Å². The lowest BCUT2D eigenvalue weighted by Gasteiger charge is -2.29. The Hall–Kier alpha value is -0.610. The summed E-state index contributed by atoms with van der Waals surface area (Å²) in [5.41, 5.74) is 0. The Morgan fingerprint density at radius 3 is 3.08 bits per heavy atom. The second kappa shape index (κ2) is 4.42. The normalized spacial score (nSPS) is 30.1. The summed E-state index contributed by atoms with van der Waals surface area (Å²) in [4.78, 5) is 10.3. The molecule has 1 saturated heterocycles. The van der Waals surface area contributed by atoms with Crippen molar-refractivity contribution >= 4 is 5.97 Å². The Morgan fingerprint density at radius 2 is 2.50 bits per heavy atom. The predicted octanol–water partition coefficient (Wildman–Crippen LogP) is 0.228. The Kier molecular flexibility index (Phi) is 3.49. The predicted molar refractivity (Wildman–Crippen MR) is 44.1 cm³/mol. The van der Waals surface area contributed by atoms with Crippen molar-refractivity contribution in [2.45, 2.75) is 31.9 Å². The van der Waals surface area contributed by atoms with Gasteiger partial charge < -0.3 is 15.2 Å². The topological polar surface area (TPSA) is 58.6 Å². The van der Waals surface area contributed by atoms with Crippen molar-refractivity contribution in [1.82, 2.24) is 5.32 Å². The molecule has 1 aliphatic rings. The van der Waals surface area contributed by atoms with Gasteiger partial charge in [0.25, 0.3) is 0 Å². The quantitative estimate of drug-likeness (QED) is 0.641. The van der Waals surface area contributed by atoms with E-state index < -0.39 is 5.97 Å². The van der Waals surface area contributed by atoms with E-state index >= 15 is 0 Å². The number of hydrogen-bond donors (Lipinski definition) is 2. The van der Waals surface area contributed by atoms with E-state index in [9.17, 15) is 4.79 Å². The van der Waals surface area contributed by atoms with Gasteiger partial charge in [0, 0.05) is 19.0 Å². The standard InChI is InChI=1S/C8H15NO3/c1-6-7(2-3-8(10)11)9-4-5-12-6/h6-7,9H,2-5H2,1H3,(H,10,11)/t6-,7-/m1/s1. The van der Waals surface area contributed by atoms with Crippen molar-refractivity contribution in [1.29, 1.82) is 0 Å². The number of morpholine rings is 1. The van der Waals surface area contributed by atoms with Crippen LogP contribution in [0.3, 0.4) is 0 Å². The number of aliphatic carboxylic acids is 1. The zero-order valence-corrected chi connectivity index (χ0v) is 7.25. The summed E-state index contributed by atoms with van der Waals surface area (Å²) in [6, 6.07) is 0.204. The molecule has 0 amide bonds. The summed E-state index contributed by atoms with van der Waals surface area (Å²) >= 11 is 0. The summed E-state index contributed by atoms with van der Waals surface area (Å²) in [7, 11) is 0. The SMILES string of the molecule is C[C@H]1OCCN[C@@H]1CCC(=O)O. The maximum Gasteiger partial charge on any atom is 0.303 e. The lowest BCUT2D eigenvalue weighted by molar-refractivity contribution is -0.137. The lowest BCUT2D eigenvalue weighted by atomic mass is 10.1. The number of rotatable bonds is 3. The molecule has 1 aliphatic heterocycles. The molecule has 1 rings (SSSR count). The fraction of sp³-hybridized carbons (Fsp3) is 0.875. The van der Waals surface area contributed by atoms with Crippen molar-refractivity contribution in [3.8, 4) is 0 Å². The molecule has 0 bridgehead atoms. The number of carbonyl (C=O) groups is 1. The summed E-state index contributed by atoms with van der Waals surface area (Å²) in [5, 5.41) is 11.7. The lowest BCUT2D eigenvalue weighted by Crippen LogP contribution is -2.47. The Balaban J connectivity index is 2.24. The van der Waals surface area contributed by atoms with Gasteiger partial charge in [-0.25, -0.2) is 0 Å². The van der Waals surface area contributed by atoms with Crippen LogP contribution in [-0.4, -0.2) is 36.4 Å². The van der Waals surface area contributed by atoms with Crippen LogP contribution >= 0.6 is 0 Å². The largest absolute Gasteiger partial charge is 0.481 e. The first-order chi connectivity index (χ1) is 5.70. The molecule has 0 aromatic carbocycles. The van der Waals surface area contributed by atoms with Crippen LogP contribution in [0.1, 0.15) is 19.8 Å². The Morgan fingerprint density at radius 1 is 1.75 bits per heavy atom. The highest BCUT2D eigenvalue weighted by molar-refractivity contribution is 5.66. The molecule has 2 atom stereocenters. The molecule has 1 heterocycles. The maximum atomic E-state index is 10.3. The first-order valence-electron chi connectivity index (χ1n) is 4.27. The van der Waals surface area contributed by atoms with Gasteiger partial charge in [0.2, 0.25) is 0 Å². The second-order valence-electron chi connectivity index (χ2n) is 3.07. The van der Waals surface area contributed by atoms with Crippen molar-refractivity contribution in [2.75, 3.05) is 13.2 Å². The minimum absolute atomic E-state index is 0.137. The van der Waals surface area contributed by atoms with E-state index in [2.05, 4.69) is 5.32 Å². The van der Waals surface area contributed by atoms with Crippen LogP contribution in [0.4, 0.5) is 0 Å². The van der Waals surface area contributed by atoms with E-state index in [0.717, 1.165) is 13.2 Å². The van der Waals surface area contributed by atoms with Gasteiger partial charge in [0.05, 0.1) is 12.7 Å². The molecule has 0 saturated carbocycles. The van der Waals surface area contributed by atoms with Gasteiger partial charge in [0.15, 0.2) is 0 Å². The number of ether oxygens (including phenoxy) is 1. The van der Waals surface area contributed by atoms with Gasteiger partial charge in [-0.05, 0) is 13.3 Å². The maximum absolute atomic E-state index is 10.3. The van der Waals surface area contributed by atoms with E-state index in [4.69, 9.17) is 9.84 Å². The molecule has 0 aromatic rings. The van der Waals surface area contributed by atoms with E-state index in [0.29, 0.717) is 6.42 Å². The fourth-order valence-electron chi connectivity index (χ4n) is 1.39. The van der Waals surface area contributed by atoms with Gasteiger partial charge in [-0.15, -0.1) is 0 Å². The van der Waals surface area contributed by atoms with Crippen LogP contribution in [0.5, 0.6) is 0 Å². The summed E-state index contributed by atoms with van der Waals surface area (Å²) < 4.78 is 5.37. The minimum Gasteiger partial charge on any atom is -0.481 e. The third-order valence-electron chi connectivity index (χ3n) is 2.13. The molecule has 70 valence electrons. The number of hydrogen-bond acceptors (Lipinski definition) is 3. The number of nitrogens with one attached hydrogen (secondary N) is 1. The van der Waals surface area contributed by atoms with E-state index in [1.165, 1.54) is 0 Å². The molecule has 2 N–H and O–H groups in total. The van der Waals surface area contributed by atoms with Crippen LogP contribution in [0.15, 0.2) is 0 Å². The van der Waals surface area contributed by atoms with Gasteiger partial charge in [-0.2, -0.15) is 0 Å². The molecule has 1 fully saturated rings. The smallest absolute Gasteiger partial charge is 0.303 e. The average molecular weight is 173 g/mol. The molecule has 0 aliphatic carbocycles. The molecule has 4 nitrogen and oxygen atoms in total. The van der Waals surface area contributed by atoms with Gasteiger partial charge in [-0.1, -0.05) is 0 Å². The third-order valence-corrected chi connectivity index (χ3v) is 2.13. The van der Waals surface area contributed by atoms with Crippen LogP contribution in [0.25, 0.3) is 0 Å². The van der Waals surface area contributed by atoms with Crippen molar-refractivity contribution in [2.24, 2.45) is 0 Å². The zero-order valence-electron chi connectivity index (χ0n) is 7.25. The van der Waals surface area contributed by atoms with Crippen LogP contribution in [0, 0.1) is 0 Å². The van der Waals surface area contributed by atoms with Crippen molar-refractivity contribution < 1.29 is 14.6 Å². The Labute approximate surface area is 71.9 Å². The van der Waals surface area contributed by atoms with Crippen LogP contribution < -0.4 is 5.32 Å². The molecular weight excluding hydrogens is 158 g/mol. The monoisotopic (exact) mass is 173 g/mol. The molecule has 0 aromatic heterocycles. The Bertz CT molecular complexity index is 160. The molecule has 12 heavy (non-hydrogen) atoms. The highest BCUT2D eigenvalue weighted by atomic mass is 16.5. The summed E-state index contributed by atoms with van der Waals surface area (Å²) in [6.45, 7) is 3.53. The molecule has 0 spiro atoms. The first-order valence-corrected chi connectivity index (χ1v) is 4.27. The number of carboxylic acid groups (broad SMARTS) is 1. The minimum atomic E-state index is -0.741. The van der Waals surface area contributed by atoms with Crippen LogP contribution in [-0.2, 0) is 9.53 Å². The van der Waals surface area contributed by atoms with E-state index in [-0.39, 0.29) is 18.6 Å². The van der Waals surface area contributed by atoms with Crippen molar-refractivity contribution in [3.63, 3.8) is 0 Å². The van der Waals surface area contributed by atoms with Crippen molar-refractivity contribution in [3.05, 3.63) is 0 Å². The molecular formula is C8H15NO3. The summed E-state index contributed by atoms with van der Waals surface area (Å²) in [6.07, 6.45) is 1.00. The van der Waals surface area contributed by atoms with Gasteiger partial charge in [-0.3, -0.25) is 4.79 Å². The van der Waals surface area contributed by atoms with Gasteiger partial charge >= 0.3 is 5.97 Å². The zero-order chi connectivity index (χ0) is 8.97. The van der Waals surface area contributed by atoms with E-state index in [1.807, 2.05) is 6.92 Å². The summed E-state index contributed by atoms with van der Waals surface area (Å²) in [5.74, 6) is -0.741. The van der Waals surface area contributed by atoms with Gasteiger partial charge in [0.1, 0.15) is 0 Å². The third kappa shape index (κ3) is 2.79.